The van der Waals surface area contributed by atoms with Crippen molar-refractivity contribution in [2.75, 3.05) is 45.9 Å². The summed E-state index contributed by atoms with van der Waals surface area (Å²) in [6, 6.07) is 2.17. The molecule has 110 valence electrons. The van der Waals surface area contributed by atoms with Crippen molar-refractivity contribution in [2.24, 2.45) is 0 Å². The van der Waals surface area contributed by atoms with Crippen molar-refractivity contribution in [3.63, 3.8) is 0 Å². The minimum atomic E-state index is -0.285. The quantitative estimate of drug-likeness (QED) is 0.876. The molecule has 0 spiro atoms. The molecule has 5 nitrogen and oxygen atoms in total. The molecule has 2 saturated heterocycles. The van der Waals surface area contributed by atoms with Crippen LogP contribution in [0.25, 0.3) is 0 Å². The first kappa shape index (κ1) is 14.0. The summed E-state index contributed by atoms with van der Waals surface area (Å²) >= 11 is 1.74. The van der Waals surface area contributed by atoms with Gasteiger partial charge in [0.2, 0.25) is 0 Å². The van der Waals surface area contributed by atoms with Gasteiger partial charge in [-0.05, 0) is 22.4 Å². The van der Waals surface area contributed by atoms with Crippen LogP contribution in [0.1, 0.15) is 5.56 Å². The average molecular weight is 295 g/mol. The van der Waals surface area contributed by atoms with Gasteiger partial charge in [0.25, 0.3) is 5.91 Å². The summed E-state index contributed by atoms with van der Waals surface area (Å²) in [5.41, 5.74) is 1.37. The number of carbonyl (C=O) groups excluding carboxylic acids is 1. The van der Waals surface area contributed by atoms with Crippen LogP contribution >= 0.6 is 11.3 Å². The van der Waals surface area contributed by atoms with Gasteiger partial charge in [-0.25, -0.2) is 0 Å². The van der Waals surface area contributed by atoms with E-state index in [0.717, 1.165) is 39.3 Å². The number of nitrogens with zero attached hydrogens (tertiary/aromatic N) is 2. The van der Waals surface area contributed by atoms with E-state index in [2.05, 4.69) is 27.0 Å². The Morgan fingerprint density at radius 3 is 2.90 bits per heavy atom. The fourth-order valence-corrected chi connectivity index (χ4v) is 3.35. The lowest BCUT2D eigenvalue weighted by molar-refractivity contribution is -0.147. The number of morpholine rings is 1. The average Bonchev–Trinajstić information content (AvgIpc) is 3.01. The first-order valence-corrected chi connectivity index (χ1v) is 8.12. The van der Waals surface area contributed by atoms with Gasteiger partial charge in [-0.2, -0.15) is 11.3 Å². The molecule has 0 bridgehead atoms. The minimum Gasteiger partial charge on any atom is -0.366 e. The molecule has 1 amide bonds. The van der Waals surface area contributed by atoms with E-state index in [1.54, 1.807) is 11.3 Å². The molecule has 2 aliphatic rings. The summed E-state index contributed by atoms with van der Waals surface area (Å²) in [5, 5.41) is 7.52. The normalized spacial score (nSPS) is 24.8. The second kappa shape index (κ2) is 6.67. The van der Waals surface area contributed by atoms with Gasteiger partial charge in [-0.1, -0.05) is 0 Å². The molecule has 1 unspecified atom stereocenters. The molecule has 2 aliphatic heterocycles. The molecule has 0 radical (unpaired) electrons. The largest absolute Gasteiger partial charge is 0.366 e. The van der Waals surface area contributed by atoms with Gasteiger partial charge in [0.05, 0.1) is 6.61 Å². The summed E-state index contributed by atoms with van der Waals surface area (Å²) < 4.78 is 5.54. The number of piperazine rings is 1. The highest BCUT2D eigenvalue weighted by Gasteiger charge is 2.29. The monoisotopic (exact) mass is 295 g/mol. The molecule has 1 N–H and O–H groups in total. The van der Waals surface area contributed by atoms with Crippen LogP contribution < -0.4 is 5.32 Å². The molecule has 1 aromatic rings. The highest BCUT2D eigenvalue weighted by Crippen LogP contribution is 2.12. The summed E-state index contributed by atoms with van der Waals surface area (Å²) in [6.45, 7) is 6.63. The van der Waals surface area contributed by atoms with Crippen molar-refractivity contribution in [2.45, 2.75) is 12.6 Å². The number of thiophene rings is 1. The van der Waals surface area contributed by atoms with Crippen molar-refractivity contribution < 1.29 is 9.53 Å². The number of ether oxygens (including phenoxy) is 1. The third-order valence-electron chi connectivity index (χ3n) is 3.87. The molecule has 0 aliphatic carbocycles. The Morgan fingerprint density at radius 2 is 2.25 bits per heavy atom. The highest BCUT2D eigenvalue weighted by atomic mass is 32.1. The Labute approximate surface area is 123 Å². The fraction of sp³-hybridized carbons (Fsp3) is 0.643. The standard InChI is InChI=1S/C14H21N3O2S/c18-14(13-9-15-2-7-19-13)17-5-3-16(4-6-17)10-12-1-8-20-11-12/h1,8,11,13,15H,2-7,9-10H2. The molecule has 1 atom stereocenters. The van der Waals surface area contributed by atoms with E-state index in [-0.39, 0.29) is 12.0 Å². The Kier molecular flexibility index (Phi) is 4.67. The number of rotatable bonds is 3. The molecular formula is C14H21N3O2S. The highest BCUT2D eigenvalue weighted by molar-refractivity contribution is 7.07. The molecule has 1 aromatic heterocycles. The third kappa shape index (κ3) is 3.38. The van der Waals surface area contributed by atoms with E-state index >= 15 is 0 Å². The second-order valence-corrected chi connectivity index (χ2v) is 6.08. The summed E-state index contributed by atoms with van der Waals surface area (Å²) in [7, 11) is 0. The van der Waals surface area contributed by atoms with Crippen molar-refractivity contribution in [3.8, 4) is 0 Å². The van der Waals surface area contributed by atoms with E-state index in [1.165, 1.54) is 5.56 Å². The minimum absolute atomic E-state index is 0.146. The molecular weight excluding hydrogens is 274 g/mol. The number of hydrogen-bond donors (Lipinski definition) is 1. The zero-order valence-corrected chi connectivity index (χ0v) is 12.4. The molecule has 20 heavy (non-hydrogen) atoms. The first-order chi connectivity index (χ1) is 9.83. The van der Waals surface area contributed by atoms with Crippen LogP contribution in [0.5, 0.6) is 0 Å². The van der Waals surface area contributed by atoms with Crippen LogP contribution in [0.2, 0.25) is 0 Å². The van der Waals surface area contributed by atoms with Gasteiger partial charge in [0, 0.05) is 45.8 Å². The Bertz CT molecular complexity index is 424. The number of nitrogens with one attached hydrogen (secondary N) is 1. The number of carbonyl (C=O) groups is 1. The predicted molar refractivity (Wildman–Crippen MR) is 78.8 cm³/mol. The zero-order chi connectivity index (χ0) is 13.8. The molecule has 0 saturated carbocycles. The van der Waals surface area contributed by atoms with Crippen LogP contribution in [0.15, 0.2) is 16.8 Å². The van der Waals surface area contributed by atoms with Crippen LogP contribution in [0, 0.1) is 0 Å². The van der Waals surface area contributed by atoms with Crippen LogP contribution in [-0.2, 0) is 16.1 Å². The molecule has 3 rings (SSSR count). The SMILES string of the molecule is O=C(C1CNCCO1)N1CCN(Cc2ccsc2)CC1. The smallest absolute Gasteiger partial charge is 0.253 e. The lowest BCUT2D eigenvalue weighted by atomic mass is 10.2. The Morgan fingerprint density at radius 1 is 1.40 bits per heavy atom. The van der Waals surface area contributed by atoms with Gasteiger partial charge in [-0.15, -0.1) is 0 Å². The molecule has 0 aromatic carbocycles. The maximum Gasteiger partial charge on any atom is 0.253 e. The maximum absolute atomic E-state index is 12.3. The van der Waals surface area contributed by atoms with Crippen LogP contribution in [0.3, 0.4) is 0 Å². The lowest BCUT2D eigenvalue weighted by Gasteiger charge is -2.37. The van der Waals surface area contributed by atoms with E-state index in [9.17, 15) is 4.79 Å². The van der Waals surface area contributed by atoms with Crippen LogP contribution in [0.4, 0.5) is 0 Å². The molecule has 6 heteroatoms. The van der Waals surface area contributed by atoms with Crippen molar-refractivity contribution in [1.82, 2.24) is 15.1 Å². The summed E-state index contributed by atoms with van der Waals surface area (Å²) in [6.07, 6.45) is -0.285. The number of hydrogen-bond acceptors (Lipinski definition) is 5. The Balaban J connectivity index is 1.46. The lowest BCUT2D eigenvalue weighted by Crippen LogP contribution is -2.54. The van der Waals surface area contributed by atoms with E-state index < -0.39 is 0 Å². The third-order valence-corrected chi connectivity index (χ3v) is 4.61. The van der Waals surface area contributed by atoms with Gasteiger partial charge in [-0.3, -0.25) is 9.69 Å². The summed E-state index contributed by atoms with van der Waals surface area (Å²) in [5.74, 6) is 0.146. The predicted octanol–water partition coefficient (Wildman–Crippen LogP) is 0.381. The van der Waals surface area contributed by atoms with Gasteiger partial charge in [0.15, 0.2) is 0 Å². The zero-order valence-electron chi connectivity index (χ0n) is 11.6. The first-order valence-electron chi connectivity index (χ1n) is 7.17. The molecule has 3 heterocycles. The number of amides is 1. The Hall–Kier alpha value is -0.950. The second-order valence-electron chi connectivity index (χ2n) is 5.30. The van der Waals surface area contributed by atoms with E-state index in [0.29, 0.717) is 13.2 Å². The topological polar surface area (TPSA) is 44.8 Å². The molecule has 2 fully saturated rings. The summed E-state index contributed by atoms with van der Waals surface area (Å²) in [4.78, 5) is 16.7. The van der Waals surface area contributed by atoms with Crippen LogP contribution in [-0.4, -0.2) is 67.7 Å². The van der Waals surface area contributed by atoms with Gasteiger partial charge in [0.1, 0.15) is 6.10 Å². The maximum atomic E-state index is 12.3. The van der Waals surface area contributed by atoms with Gasteiger partial charge < -0.3 is 15.0 Å². The van der Waals surface area contributed by atoms with Crippen molar-refractivity contribution in [3.05, 3.63) is 22.4 Å². The van der Waals surface area contributed by atoms with Crippen molar-refractivity contribution in [1.29, 1.82) is 0 Å². The van der Waals surface area contributed by atoms with E-state index in [4.69, 9.17) is 4.74 Å². The van der Waals surface area contributed by atoms with E-state index in [1.807, 2.05) is 4.90 Å². The van der Waals surface area contributed by atoms with Crippen molar-refractivity contribution >= 4 is 17.2 Å². The van der Waals surface area contributed by atoms with Gasteiger partial charge >= 0.3 is 0 Å². The fourth-order valence-electron chi connectivity index (χ4n) is 2.69.